The zero-order valence-electron chi connectivity index (χ0n) is 8.66. The minimum atomic E-state index is -0.755. The van der Waals surface area contributed by atoms with Crippen molar-refractivity contribution in [3.63, 3.8) is 0 Å². The van der Waals surface area contributed by atoms with E-state index in [0.29, 0.717) is 6.04 Å². The molecule has 1 rings (SSSR count). The molecule has 0 saturated heterocycles. The van der Waals surface area contributed by atoms with Gasteiger partial charge in [0.25, 0.3) is 0 Å². The van der Waals surface area contributed by atoms with E-state index >= 15 is 0 Å². The molecule has 2 atom stereocenters. The van der Waals surface area contributed by atoms with E-state index in [-0.39, 0.29) is 0 Å². The first-order chi connectivity index (χ1) is 6.16. The third-order valence-corrected chi connectivity index (χ3v) is 2.92. The van der Waals surface area contributed by atoms with Gasteiger partial charge < -0.3 is 5.11 Å². The number of hydrogen-bond donors (Lipinski definition) is 2. The van der Waals surface area contributed by atoms with Gasteiger partial charge in [-0.1, -0.05) is 6.92 Å². The summed E-state index contributed by atoms with van der Waals surface area (Å²) in [5.74, 6) is 0. The van der Waals surface area contributed by atoms with Crippen LogP contribution in [0.3, 0.4) is 0 Å². The molecule has 0 amide bonds. The number of aliphatic hydroxyl groups is 1. The molecule has 0 radical (unpaired) electrons. The molecule has 3 N–H and O–H groups in total. The SMILES string of the molecule is CCC(C)[N+]1=C(C(N)O)CCCC1. The lowest BCUT2D eigenvalue weighted by Crippen LogP contribution is -2.43. The summed E-state index contributed by atoms with van der Waals surface area (Å²) >= 11 is 0. The van der Waals surface area contributed by atoms with Crippen LogP contribution >= 0.6 is 0 Å². The van der Waals surface area contributed by atoms with E-state index in [1.54, 1.807) is 0 Å². The van der Waals surface area contributed by atoms with Crippen LogP contribution in [0.4, 0.5) is 0 Å². The van der Waals surface area contributed by atoms with Crippen LogP contribution in [-0.4, -0.2) is 34.2 Å². The van der Waals surface area contributed by atoms with Gasteiger partial charge in [-0.2, -0.15) is 0 Å². The number of hydrogen-bond acceptors (Lipinski definition) is 2. The zero-order valence-corrected chi connectivity index (χ0v) is 8.66. The minimum absolute atomic E-state index is 0.508. The average Bonchev–Trinajstić information content (AvgIpc) is 2.16. The molecule has 0 spiro atoms. The van der Waals surface area contributed by atoms with Gasteiger partial charge in [-0.25, -0.2) is 4.58 Å². The fourth-order valence-electron chi connectivity index (χ4n) is 1.92. The summed E-state index contributed by atoms with van der Waals surface area (Å²) in [7, 11) is 0. The smallest absolute Gasteiger partial charge is 0.196 e. The average molecular weight is 185 g/mol. The highest BCUT2D eigenvalue weighted by molar-refractivity contribution is 5.83. The van der Waals surface area contributed by atoms with E-state index in [4.69, 9.17) is 5.73 Å². The fraction of sp³-hybridized carbons (Fsp3) is 0.900. The largest absolute Gasteiger partial charge is 0.369 e. The molecule has 0 aliphatic carbocycles. The van der Waals surface area contributed by atoms with Crippen LogP contribution in [0.2, 0.25) is 0 Å². The van der Waals surface area contributed by atoms with Gasteiger partial charge >= 0.3 is 0 Å². The third kappa shape index (κ3) is 2.51. The highest BCUT2D eigenvalue weighted by Crippen LogP contribution is 2.11. The van der Waals surface area contributed by atoms with Crippen LogP contribution in [0.1, 0.15) is 39.5 Å². The van der Waals surface area contributed by atoms with Gasteiger partial charge in [-0.05, 0) is 13.3 Å². The molecule has 1 heterocycles. The molecule has 3 nitrogen and oxygen atoms in total. The van der Waals surface area contributed by atoms with Crippen molar-refractivity contribution in [1.29, 1.82) is 0 Å². The van der Waals surface area contributed by atoms with Crippen molar-refractivity contribution in [1.82, 2.24) is 0 Å². The minimum Gasteiger partial charge on any atom is -0.369 e. The lowest BCUT2D eigenvalue weighted by molar-refractivity contribution is -0.570. The Morgan fingerprint density at radius 3 is 2.77 bits per heavy atom. The van der Waals surface area contributed by atoms with Gasteiger partial charge in [-0.3, -0.25) is 5.73 Å². The molecule has 0 aromatic heterocycles. The lowest BCUT2D eigenvalue weighted by Gasteiger charge is -2.20. The Kier molecular flexibility index (Phi) is 3.88. The van der Waals surface area contributed by atoms with E-state index in [1.807, 2.05) is 0 Å². The molecule has 0 aromatic rings. The maximum atomic E-state index is 9.39. The first kappa shape index (κ1) is 10.7. The molecule has 0 aromatic carbocycles. The van der Waals surface area contributed by atoms with Gasteiger partial charge in [0.1, 0.15) is 12.6 Å². The second-order valence-corrected chi connectivity index (χ2v) is 3.84. The van der Waals surface area contributed by atoms with Crippen molar-refractivity contribution in [2.24, 2.45) is 5.73 Å². The van der Waals surface area contributed by atoms with Gasteiger partial charge in [-0.15, -0.1) is 0 Å². The molecular weight excluding hydrogens is 164 g/mol. The second-order valence-electron chi connectivity index (χ2n) is 3.84. The van der Waals surface area contributed by atoms with E-state index < -0.39 is 6.23 Å². The Morgan fingerprint density at radius 2 is 2.23 bits per heavy atom. The number of aliphatic hydroxyl groups excluding tert-OH is 1. The molecular formula is C10H21N2O+. The van der Waals surface area contributed by atoms with Crippen LogP contribution in [0.25, 0.3) is 0 Å². The van der Waals surface area contributed by atoms with E-state index in [1.165, 1.54) is 6.42 Å². The highest BCUT2D eigenvalue weighted by atomic mass is 16.3. The summed E-state index contributed by atoms with van der Waals surface area (Å²) in [5.41, 5.74) is 6.56. The standard InChI is InChI=1S/C10H21N2O/c1-3-8(2)12-7-5-4-6-9(12)10(11)13/h8,10,13H,3-7,11H2,1-2H3/q+1. The van der Waals surface area contributed by atoms with Crippen LogP contribution in [0.5, 0.6) is 0 Å². The predicted molar refractivity (Wildman–Crippen MR) is 53.9 cm³/mol. The Labute approximate surface area is 80.3 Å². The molecule has 1 aliphatic heterocycles. The van der Waals surface area contributed by atoms with Crippen molar-refractivity contribution in [3.05, 3.63) is 0 Å². The van der Waals surface area contributed by atoms with E-state index in [0.717, 1.165) is 31.5 Å². The maximum Gasteiger partial charge on any atom is 0.196 e. The molecule has 3 heteroatoms. The highest BCUT2D eigenvalue weighted by Gasteiger charge is 2.26. The normalized spacial score (nSPS) is 23.1. The number of nitrogens with zero attached hydrogens (tertiary/aromatic N) is 1. The molecule has 13 heavy (non-hydrogen) atoms. The predicted octanol–water partition coefficient (Wildman–Crippen LogP) is 0.699. The monoisotopic (exact) mass is 185 g/mol. The zero-order chi connectivity index (χ0) is 9.84. The van der Waals surface area contributed by atoms with Crippen LogP contribution in [-0.2, 0) is 0 Å². The number of rotatable bonds is 3. The molecule has 2 unspecified atom stereocenters. The summed E-state index contributed by atoms with van der Waals surface area (Å²) in [6, 6.07) is 0.508. The lowest BCUT2D eigenvalue weighted by atomic mass is 10.0. The van der Waals surface area contributed by atoms with Crippen molar-refractivity contribution < 1.29 is 9.68 Å². The number of nitrogens with two attached hydrogens (primary N) is 1. The van der Waals surface area contributed by atoms with Crippen molar-refractivity contribution in [2.75, 3.05) is 6.54 Å². The van der Waals surface area contributed by atoms with Gasteiger partial charge in [0, 0.05) is 19.3 Å². The fourth-order valence-corrected chi connectivity index (χ4v) is 1.92. The topological polar surface area (TPSA) is 49.3 Å². The third-order valence-electron chi connectivity index (χ3n) is 2.92. The Hall–Kier alpha value is -0.410. The molecule has 1 aliphatic rings. The van der Waals surface area contributed by atoms with Gasteiger partial charge in [0.15, 0.2) is 11.9 Å². The summed E-state index contributed by atoms with van der Waals surface area (Å²) in [5, 5.41) is 9.39. The van der Waals surface area contributed by atoms with Crippen LogP contribution < -0.4 is 5.73 Å². The second kappa shape index (κ2) is 4.72. The molecule has 76 valence electrons. The van der Waals surface area contributed by atoms with E-state index in [2.05, 4.69) is 18.4 Å². The Balaban J connectivity index is 2.83. The van der Waals surface area contributed by atoms with Crippen molar-refractivity contribution >= 4 is 5.71 Å². The van der Waals surface area contributed by atoms with Crippen LogP contribution in [0.15, 0.2) is 0 Å². The summed E-state index contributed by atoms with van der Waals surface area (Å²) < 4.78 is 2.27. The van der Waals surface area contributed by atoms with Crippen LogP contribution in [0, 0.1) is 0 Å². The molecule has 0 saturated carbocycles. The Bertz CT molecular complexity index is 199. The van der Waals surface area contributed by atoms with Crippen molar-refractivity contribution in [3.8, 4) is 0 Å². The van der Waals surface area contributed by atoms with Crippen molar-refractivity contribution in [2.45, 2.75) is 51.8 Å². The first-order valence-electron chi connectivity index (χ1n) is 5.22. The maximum absolute atomic E-state index is 9.39. The Morgan fingerprint density at radius 1 is 1.54 bits per heavy atom. The molecule has 0 fully saturated rings. The first-order valence-corrected chi connectivity index (χ1v) is 5.22. The molecule has 0 bridgehead atoms. The van der Waals surface area contributed by atoms with Gasteiger partial charge in [0.2, 0.25) is 0 Å². The van der Waals surface area contributed by atoms with E-state index in [9.17, 15) is 5.11 Å². The summed E-state index contributed by atoms with van der Waals surface area (Å²) in [4.78, 5) is 0. The summed E-state index contributed by atoms with van der Waals surface area (Å²) in [6.45, 7) is 5.41. The quantitative estimate of drug-likeness (QED) is 0.502. The summed E-state index contributed by atoms with van der Waals surface area (Å²) in [6.07, 6.45) is 3.70. The van der Waals surface area contributed by atoms with Gasteiger partial charge in [0.05, 0.1) is 0 Å².